The molecule has 1 heterocycles. The minimum Gasteiger partial charge on any atom is -0.512 e. The van der Waals surface area contributed by atoms with Crippen molar-refractivity contribution in [2.75, 3.05) is 5.32 Å². The summed E-state index contributed by atoms with van der Waals surface area (Å²) in [6.45, 7) is 0.635. The predicted molar refractivity (Wildman–Crippen MR) is 174 cm³/mol. The van der Waals surface area contributed by atoms with Gasteiger partial charge in [-0.1, -0.05) is 91.0 Å². The van der Waals surface area contributed by atoms with Gasteiger partial charge in [0, 0.05) is 45.7 Å². The molecule has 4 heteroatoms. The molecule has 4 nitrogen and oxygen atoms in total. The molecule has 0 saturated heterocycles. The quantitative estimate of drug-likeness (QED) is 0.174. The number of hydrogen-bond acceptors (Lipinski definition) is 3. The molecule has 7 rings (SSSR count). The summed E-state index contributed by atoms with van der Waals surface area (Å²) in [5.74, 6) is 0.553. The fourth-order valence-electron chi connectivity index (χ4n) is 6.30. The van der Waals surface area contributed by atoms with E-state index in [9.17, 15) is 5.11 Å². The Balaban J connectivity index is 1.24. The summed E-state index contributed by atoms with van der Waals surface area (Å²) in [6.07, 6.45) is 4.99. The molecule has 3 N–H and O–H groups in total. The number of aromatic nitrogens is 1. The maximum absolute atomic E-state index is 10.7. The molecule has 42 heavy (non-hydrogen) atoms. The zero-order chi connectivity index (χ0) is 28.5. The lowest BCUT2D eigenvalue weighted by molar-refractivity contribution is 0.342. The van der Waals surface area contributed by atoms with E-state index in [1.807, 2.05) is 60.7 Å². The fourth-order valence-corrected chi connectivity index (χ4v) is 6.30. The number of nitrogens with zero attached hydrogens (tertiary/aromatic N) is 1. The van der Waals surface area contributed by atoms with E-state index in [0.29, 0.717) is 18.0 Å². The Morgan fingerprint density at radius 1 is 0.786 bits per heavy atom. The zero-order valence-corrected chi connectivity index (χ0v) is 23.4. The molecule has 0 bridgehead atoms. The predicted octanol–water partition coefficient (Wildman–Crippen LogP) is 9.52. The van der Waals surface area contributed by atoms with Crippen molar-refractivity contribution in [2.24, 2.45) is 0 Å². The molecular formula is C38H33N3O. The summed E-state index contributed by atoms with van der Waals surface area (Å²) in [7, 11) is 0. The van der Waals surface area contributed by atoms with Gasteiger partial charge in [-0.05, 0) is 66.8 Å². The summed E-state index contributed by atoms with van der Waals surface area (Å²) in [5, 5.41) is 25.5. The average Bonchev–Trinajstić information content (AvgIpc) is 3.38. The van der Waals surface area contributed by atoms with Crippen LogP contribution in [0, 0.1) is 5.41 Å². The summed E-state index contributed by atoms with van der Waals surface area (Å²) >= 11 is 0. The number of benzene rings is 5. The molecule has 0 fully saturated rings. The Bertz CT molecular complexity index is 1950. The molecular weight excluding hydrogens is 514 g/mol. The van der Waals surface area contributed by atoms with Gasteiger partial charge in [0.15, 0.2) is 0 Å². The van der Waals surface area contributed by atoms with Crippen LogP contribution in [0.25, 0.3) is 27.5 Å². The number of anilines is 1. The highest BCUT2D eigenvalue weighted by Crippen LogP contribution is 2.38. The number of fused-ring (bicyclic) bond motifs is 3. The van der Waals surface area contributed by atoms with Crippen LogP contribution in [0.1, 0.15) is 47.4 Å². The van der Waals surface area contributed by atoms with Crippen LogP contribution < -0.4 is 5.32 Å². The number of para-hydroxylation sites is 2. The van der Waals surface area contributed by atoms with Gasteiger partial charge in [0.25, 0.3) is 0 Å². The van der Waals surface area contributed by atoms with Crippen molar-refractivity contribution in [3.05, 3.63) is 155 Å². The lowest BCUT2D eigenvalue weighted by atomic mass is 9.87. The standard InChI is InChI=1S/C38H33N3O/c39-38(27-12-2-1-3-13-27)33-17-4-7-18-34(33)40-25-26-11-10-14-29(23-26)41-35-19-8-5-16-31(35)32-22-21-28(24-36(32)41)30-15-6-9-20-37(30)42/h1-5,7-8,10-14,16-24,30,39-40,42H,6,9,15,25H2. The molecule has 0 amide bonds. The van der Waals surface area contributed by atoms with E-state index in [-0.39, 0.29) is 5.92 Å². The second kappa shape index (κ2) is 11.1. The van der Waals surface area contributed by atoms with Crippen molar-refractivity contribution < 1.29 is 5.11 Å². The average molecular weight is 548 g/mol. The van der Waals surface area contributed by atoms with Gasteiger partial charge in [-0.3, -0.25) is 5.41 Å². The highest BCUT2D eigenvalue weighted by Gasteiger charge is 2.21. The van der Waals surface area contributed by atoms with Crippen molar-refractivity contribution in [3.63, 3.8) is 0 Å². The van der Waals surface area contributed by atoms with Crippen LogP contribution in [0.4, 0.5) is 5.69 Å². The minimum atomic E-state index is 0.0554. The first kappa shape index (κ1) is 25.8. The van der Waals surface area contributed by atoms with Gasteiger partial charge in [-0.15, -0.1) is 0 Å². The van der Waals surface area contributed by atoms with E-state index in [0.717, 1.165) is 58.4 Å². The summed E-state index contributed by atoms with van der Waals surface area (Å²) in [4.78, 5) is 0. The molecule has 1 aliphatic rings. The number of allylic oxidation sites excluding steroid dienone is 2. The third kappa shape index (κ3) is 4.75. The van der Waals surface area contributed by atoms with Gasteiger partial charge in [-0.2, -0.15) is 0 Å². The smallest absolute Gasteiger partial charge is 0.0957 e. The normalized spacial score (nSPS) is 15.0. The molecule has 1 aromatic heterocycles. The van der Waals surface area contributed by atoms with Gasteiger partial charge in [0.2, 0.25) is 0 Å². The molecule has 0 spiro atoms. The van der Waals surface area contributed by atoms with Gasteiger partial charge in [-0.25, -0.2) is 0 Å². The molecule has 1 atom stereocenters. The molecule has 6 aromatic rings. The van der Waals surface area contributed by atoms with Gasteiger partial charge >= 0.3 is 0 Å². The molecule has 1 aliphatic carbocycles. The third-order valence-corrected chi connectivity index (χ3v) is 8.42. The number of nitrogens with one attached hydrogen (secondary N) is 2. The molecule has 0 aliphatic heterocycles. The molecule has 206 valence electrons. The van der Waals surface area contributed by atoms with Crippen LogP contribution in [0.3, 0.4) is 0 Å². The topological polar surface area (TPSA) is 61.0 Å². The fraction of sp³-hybridized carbons (Fsp3) is 0.132. The van der Waals surface area contributed by atoms with Crippen LogP contribution in [0.5, 0.6) is 0 Å². The molecule has 0 radical (unpaired) electrons. The number of aliphatic hydroxyl groups excluding tert-OH is 1. The summed E-state index contributed by atoms with van der Waals surface area (Å²) in [6, 6.07) is 41.8. The van der Waals surface area contributed by atoms with E-state index >= 15 is 0 Å². The van der Waals surface area contributed by atoms with Crippen LogP contribution in [-0.4, -0.2) is 15.4 Å². The highest BCUT2D eigenvalue weighted by atomic mass is 16.3. The largest absolute Gasteiger partial charge is 0.512 e. The van der Waals surface area contributed by atoms with E-state index in [1.54, 1.807) is 0 Å². The van der Waals surface area contributed by atoms with Crippen LogP contribution in [0.2, 0.25) is 0 Å². The minimum absolute atomic E-state index is 0.0554. The Morgan fingerprint density at radius 2 is 1.57 bits per heavy atom. The van der Waals surface area contributed by atoms with Gasteiger partial charge < -0.3 is 15.0 Å². The molecule has 5 aromatic carbocycles. The van der Waals surface area contributed by atoms with E-state index in [4.69, 9.17) is 5.41 Å². The van der Waals surface area contributed by atoms with Crippen LogP contribution >= 0.6 is 0 Å². The first-order valence-electron chi connectivity index (χ1n) is 14.7. The second-order valence-corrected chi connectivity index (χ2v) is 11.1. The monoisotopic (exact) mass is 547 g/mol. The second-order valence-electron chi connectivity index (χ2n) is 11.1. The van der Waals surface area contributed by atoms with Gasteiger partial charge in [0.05, 0.1) is 22.5 Å². The van der Waals surface area contributed by atoms with E-state index in [1.165, 1.54) is 16.3 Å². The van der Waals surface area contributed by atoms with Crippen LogP contribution in [-0.2, 0) is 6.54 Å². The van der Waals surface area contributed by atoms with E-state index in [2.05, 4.69) is 76.6 Å². The summed E-state index contributed by atoms with van der Waals surface area (Å²) < 4.78 is 2.35. The molecule has 1 unspecified atom stereocenters. The third-order valence-electron chi connectivity index (χ3n) is 8.42. The first-order chi connectivity index (χ1) is 20.7. The Kier molecular flexibility index (Phi) is 6.81. The van der Waals surface area contributed by atoms with Gasteiger partial charge in [0.1, 0.15) is 0 Å². The molecule has 0 saturated carbocycles. The van der Waals surface area contributed by atoms with Crippen LogP contribution in [0.15, 0.2) is 133 Å². The highest BCUT2D eigenvalue weighted by molar-refractivity contribution is 6.14. The van der Waals surface area contributed by atoms with Crippen molar-refractivity contribution in [2.45, 2.75) is 31.7 Å². The van der Waals surface area contributed by atoms with E-state index < -0.39 is 0 Å². The van der Waals surface area contributed by atoms with Crippen molar-refractivity contribution >= 4 is 33.2 Å². The Labute approximate surface area is 246 Å². The first-order valence-corrected chi connectivity index (χ1v) is 14.7. The number of rotatable bonds is 7. The maximum Gasteiger partial charge on any atom is 0.0957 e. The maximum atomic E-state index is 10.7. The Morgan fingerprint density at radius 3 is 2.45 bits per heavy atom. The Hall–Kier alpha value is -5.09. The summed E-state index contributed by atoms with van der Waals surface area (Å²) in [5.41, 5.74) is 8.97. The van der Waals surface area contributed by atoms with Crippen molar-refractivity contribution in [1.29, 1.82) is 5.41 Å². The SMILES string of the molecule is N=C(c1ccccc1)c1ccccc1NCc1cccc(-n2c3ccccc3c3ccc(C4CCCC=C4O)cc32)c1. The number of hydrogen-bond donors (Lipinski definition) is 3. The lowest BCUT2D eigenvalue weighted by Crippen LogP contribution is -2.08. The number of aliphatic hydroxyl groups is 1. The van der Waals surface area contributed by atoms with Crippen molar-refractivity contribution in [3.8, 4) is 5.69 Å². The van der Waals surface area contributed by atoms with Crippen molar-refractivity contribution in [1.82, 2.24) is 4.57 Å². The zero-order valence-electron chi connectivity index (χ0n) is 23.4. The lowest BCUT2D eigenvalue weighted by Gasteiger charge is -2.21.